The van der Waals surface area contributed by atoms with Gasteiger partial charge in [-0.05, 0) is 55.8 Å². The highest BCUT2D eigenvalue weighted by Crippen LogP contribution is 2.32. The van der Waals surface area contributed by atoms with Gasteiger partial charge in [0.05, 0.1) is 25.7 Å². The molecule has 152 valence electrons. The maximum absolute atomic E-state index is 13.2. The van der Waals surface area contributed by atoms with E-state index in [0.717, 1.165) is 18.2 Å². The summed E-state index contributed by atoms with van der Waals surface area (Å²) in [6.07, 6.45) is 1.81. The lowest BCUT2D eigenvalue weighted by atomic mass is 10.1. The maximum Gasteiger partial charge on any atom is 0.310 e. The van der Waals surface area contributed by atoms with Crippen LogP contribution < -0.4 is 4.74 Å². The van der Waals surface area contributed by atoms with Gasteiger partial charge in [-0.2, -0.15) is 0 Å². The minimum Gasteiger partial charge on any atom is -0.496 e. The van der Waals surface area contributed by atoms with Gasteiger partial charge in [-0.25, -0.2) is 4.39 Å². The van der Waals surface area contributed by atoms with E-state index in [-0.39, 0.29) is 18.3 Å². The molecular formula is C23H24FNO4. The predicted octanol–water partition coefficient (Wildman–Crippen LogP) is 4.67. The van der Waals surface area contributed by atoms with E-state index in [0.29, 0.717) is 34.7 Å². The number of unbranched alkanes of at least 4 members (excludes halogenated alkanes) is 1. The van der Waals surface area contributed by atoms with Crippen molar-refractivity contribution in [3.8, 4) is 5.75 Å². The number of aryl methyl sites for hydroxylation is 1. The van der Waals surface area contributed by atoms with Crippen molar-refractivity contribution in [1.82, 2.24) is 4.57 Å². The summed E-state index contributed by atoms with van der Waals surface area (Å²) in [4.78, 5) is 25.3. The second kappa shape index (κ2) is 8.90. The quantitative estimate of drug-likeness (QED) is 0.429. The minimum absolute atomic E-state index is 0.0540. The molecule has 2 aromatic carbocycles. The Bertz CT molecular complexity index is 1040. The van der Waals surface area contributed by atoms with E-state index in [1.807, 2.05) is 19.9 Å². The number of carbonyl (C=O) groups excluding carboxylic acids is 2. The summed E-state index contributed by atoms with van der Waals surface area (Å²) in [5, 5.41) is 0.754. The molecule has 0 radical (unpaired) electrons. The fourth-order valence-electron chi connectivity index (χ4n) is 3.34. The normalized spacial score (nSPS) is 10.9. The molecule has 0 aliphatic carbocycles. The third-order valence-corrected chi connectivity index (χ3v) is 4.83. The summed E-state index contributed by atoms with van der Waals surface area (Å²) < 4.78 is 25.5. The molecule has 3 aromatic rings. The molecule has 0 N–H and O–H groups in total. The molecule has 29 heavy (non-hydrogen) atoms. The second-order valence-corrected chi connectivity index (χ2v) is 6.86. The molecule has 0 spiro atoms. The van der Waals surface area contributed by atoms with E-state index >= 15 is 0 Å². The SMILES string of the molecule is CCCCOC(=O)Cc1c(OC)ccc2c1cc(C)n2C(=O)c1ccc(F)cc1. The number of hydrogen-bond acceptors (Lipinski definition) is 4. The second-order valence-electron chi connectivity index (χ2n) is 6.86. The molecule has 1 aromatic heterocycles. The highest BCUT2D eigenvalue weighted by Gasteiger charge is 2.20. The van der Waals surface area contributed by atoms with Crippen molar-refractivity contribution in [2.75, 3.05) is 13.7 Å². The lowest BCUT2D eigenvalue weighted by molar-refractivity contribution is -0.142. The Morgan fingerprint density at radius 1 is 1.10 bits per heavy atom. The maximum atomic E-state index is 13.2. The van der Waals surface area contributed by atoms with Crippen LogP contribution in [0.2, 0.25) is 0 Å². The smallest absolute Gasteiger partial charge is 0.310 e. The van der Waals surface area contributed by atoms with Crippen LogP contribution in [-0.2, 0) is 16.0 Å². The van der Waals surface area contributed by atoms with Gasteiger partial charge in [0.15, 0.2) is 0 Å². The van der Waals surface area contributed by atoms with E-state index in [1.54, 1.807) is 23.8 Å². The molecule has 1 heterocycles. The molecule has 0 amide bonds. The first-order valence-electron chi connectivity index (χ1n) is 9.60. The van der Waals surface area contributed by atoms with Crippen LogP contribution in [0.25, 0.3) is 10.9 Å². The number of fused-ring (bicyclic) bond motifs is 1. The van der Waals surface area contributed by atoms with Crippen molar-refractivity contribution < 1.29 is 23.5 Å². The molecule has 0 bridgehead atoms. The summed E-state index contributed by atoms with van der Waals surface area (Å²) in [6.45, 7) is 4.23. The third kappa shape index (κ3) is 4.31. The van der Waals surface area contributed by atoms with E-state index in [2.05, 4.69) is 0 Å². The van der Waals surface area contributed by atoms with Crippen LogP contribution in [0.3, 0.4) is 0 Å². The fourth-order valence-corrected chi connectivity index (χ4v) is 3.34. The molecule has 0 aliphatic heterocycles. The predicted molar refractivity (Wildman–Crippen MR) is 109 cm³/mol. The first kappa shape index (κ1) is 20.6. The molecular weight excluding hydrogens is 373 g/mol. The topological polar surface area (TPSA) is 57.5 Å². The number of aromatic nitrogens is 1. The molecule has 0 saturated carbocycles. The number of nitrogens with zero attached hydrogens (tertiary/aromatic N) is 1. The van der Waals surface area contributed by atoms with Crippen LogP contribution in [0, 0.1) is 12.7 Å². The van der Waals surface area contributed by atoms with Gasteiger partial charge in [0.25, 0.3) is 5.91 Å². The van der Waals surface area contributed by atoms with Gasteiger partial charge in [-0.1, -0.05) is 13.3 Å². The highest BCUT2D eigenvalue weighted by molar-refractivity contribution is 6.04. The number of hydrogen-bond donors (Lipinski definition) is 0. The van der Waals surface area contributed by atoms with E-state index < -0.39 is 5.82 Å². The lowest BCUT2D eigenvalue weighted by Crippen LogP contribution is -2.13. The Morgan fingerprint density at radius 2 is 1.83 bits per heavy atom. The average Bonchev–Trinajstić information content (AvgIpc) is 3.05. The molecule has 0 fully saturated rings. The standard InChI is InChI=1S/C23H24FNO4/c1-4-5-12-29-22(26)14-19-18-13-15(2)25(20(18)10-11-21(19)28-3)23(27)16-6-8-17(24)9-7-16/h6-11,13H,4-5,12,14H2,1-3H3. The molecule has 0 atom stereocenters. The van der Waals surface area contributed by atoms with Crippen molar-refractivity contribution in [2.24, 2.45) is 0 Å². The zero-order valence-electron chi connectivity index (χ0n) is 16.8. The largest absolute Gasteiger partial charge is 0.496 e. The number of rotatable bonds is 7. The van der Waals surface area contributed by atoms with Crippen LogP contribution in [0.4, 0.5) is 4.39 Å². The summed E-state index contributed by atoms with van der Waals surface area (Å²) in [6, 6.07) is 10.8. The summed E-state index contributed by atoms with van der Waals surface area (Å²) >= 11 is 0. The monoisotopic (exact) mass is 397 g/mol. The first-order chi connectivity index (χ1) is 14.0. The zero-order valence-corrected chi connectivity index (χ0v) is 16.8. The van der Waals surface area contributed by atoms with Gasteiger partial charge >= 0.3 is 5.97 Å². The van der Waals surface area contributed by atoms with Crippen molar-refractivity contribution in [3.05, 3.63) is 65.1 Å². The average molecular weight is 397 g/mol. The Morgan fingerprint density at radius 3 is 2.48 bits per heavy atom. The van der Waals surface area contributed by atoms with Gasteiger partial charge in [-0.15, -0.1) is 0 Å². The number of halogens is 1. The fraction of sp³-hybridized carbons (Fsp3) is 0.304. The van der Waals surface area contributed by atoms with Crippen LogP contribution in [0.5, 0.6) is 5.75 Å². The van der Waals surface area contributed by atoms with Gasteiger partial charge in [0.2, 0.25) is 0 Å². The Kier molecular flexibility index (Phi) is 6.32. The number of methoxy groups -OCH3 is 1. The Labute approximate surface area is 169 Å². The molecule has 6 heteroatoms. The number of esters is 1. The van der Waals surface area contributed by atoms with Crippen LogP contribution >= 0.6 is 0 Å². The van der Waals surface area contributed by atoms with Crippen LogP contribution in [0.1, 0.15) is 41.4 Å². The van der Waals surface area contributed by atoms with E-state index in [1.165, 1.54) is 24.3 Å². The lowest BCUT2D eigenvalue weighted by Gasteiger charge is -2.12. The molecule has 5 nitrogen and oxygen atoms in total. The van der Waals surface area contributed by atoms with Crippen LogP contribution in [0.15, 0.2) is 42.5 Å². The molecule has 0 aliphatic rings. The highest BCUT2D eigenvalue weighted by atomic mass is 19.1. The van der Waals surface area contributed by atoms with Gasteiger partial charge in [0.1, 0.15) is 11.6 Å². The number of benzene rings is 2. The van der Waals surface area contributed by atoms with Crippen molar-refractivity contribution >= 4 is 22.8 Å². The summed E-state index contributed by atoms with van der Waals surface area (Å²) in [5.41, 5.74) is 2.43. The zero-order chi connectivity index (χ0) is 21.0. The van der Waals surface area contributed by atoms with Gasteiger partial charge < -0.3 is 9.47 Å². The Balaban J connectivity index is 2.02. The molecule has 0 unspecified atom stereocenters. The van der Waals surface area contributed by atoms with E-state index in [9.17, 15) is 14.0 Å². The third-order valence-electron chi connectivity index (χ3n) is 4.83. The van der Waals surface area contributed by atoms with Gasteiger partial charge in [-0.3, -0.25) is 14.2 Å². The summed E-state index contributed by atoms with van der Waals surface area (Å²) in [7, 11) is 1.54. The Hall–Kier alpha value is -3.15. The minimum atomic E-state index is -0.399. The summed E-state index contributed by atoms with van der Waals surface area (Å²) in [5.74, 6) is -0.431. The van der Waals surface area contributed by atoms with E-state index in [4.69, 9.17) is 9.47 Å². The van der Waals surface area contributed by atoms with Crippen molar-refractivity contribution in [2.45, 2.75) is 33.1 Å². The van der Waals surface area contributed by atoms with Crippen molar-refractivity contribution in [1.29, 1.82) is 0 Å². The van der Waals surface area contributed by atoms with Crippen molar-refractivity contribution in [3.63, 3.8) is 0 Å². The molecule has 3 rings (SSSR count). The first-order valence-corrected chi connectivity index (χ1v) is 9.60. The van der Waals surface area contributed by atoms with Crippen LogP contribution in [-0.4, -0.2) is 30.2 Å². The number of carbonyl (C=O) groups is 2. The molecule has 0 saturated heterocycles. The number of ether oxygens (including phenoxy) is 2. The van der Waals surface area contributed by atoms with Gasteiger partial charge in [0, 0.05) is 22.2 Å².